The lowest BCUT2D eigenvalue weighted by Crippen LogP contribution is -2.18. The van der Waals surface area contributed by atoms with Crippen LogP contribution in [0, 0.1) is 0 Å². The molecule has 0 saturated carbocycles. The van der Waals surface area contributed by atoms with Crippen LogP contribution in [0.15, 0.2) is 43.9 Å². The Morgan fingerprint density at radius 3 is 2.79 bits per heavy atom. The Morgan fingerprint density at radius 2 is 2.16 bits per heavy atom. The maximum absolute atomic E-state index is 5.42. The van der Waals surface area contributed by atoms with Gasteiger partial charge in [-0.1, -0.05) is 15.9 Å². The van der Waals surface area contributed by atoms with E-state index in [0.29, 0.717) is 6.54 Å². The third-order valence-electron chi connectivity index (χ3n) is 2.86. The SMILES string of the molecule is COc1c(Br)cc(Br)cc1CNC(C)c1ccco1. The van der Waals surface area contributed by atoms with Crippen LogP contribution in [-0.4, -0.2) is 7.11 Å². The first-order valence-corrected chi connectivity index (χ1v) is 7.49. The lowest BCUT2D eigenvalue weighted by molar-refractivity contribution is 0.397. The first-order chi connectivity index (χ1) is 9.11. The summed E-state index contributed by atoms with van der Waals surface area (Å²) in [6.45, 7) is 2.77. The Balaban J connectivity index is 2.11. The highest BCUT2D eigenvalue weighted by Gasteiger charge is 2.12. The molecule has 5 heteroatoms. The summed E-state index contributed by atoms with van der Waals surface area (Å²) in [5.41, 5.74) is 1.09. The van der Waals surface area contributed by atoms with Crippen LogP contribution in [-0.2, 0) is 6.54 Å². The van der Waals surface area contributed by atoms with E-state index in [1.807, 2.05) is 24.3 Å². The van der Waals surface area contributed by atoms with Gasteiger partial charge in [-0.25, -0.2) is 0 Å². The van der Waals surface area contributed by atoms with Crippen LogP contribution in [0.2, 0.25) is 0 Å². The number of ether oxygens (including phenoxy) is 1. The zero-order valence-corrected chi connectivity index (χ0v) is 13.9. The van der Waals surface area contributed by atoms with Crippen LogP contribution in [0.25, 0.3) is 0 Å². The molecule has 0 aliphatic heterocycles. The normalized spacial score (nSPS) is 12.4. The zero-order chi connectivity index (χ0) is 13.8. The monoisotopic (exact) mass is 387 g/mol. The lowest BCUT2D eigenvalue weighted by atomic mass is 10.1. The average Bonchev–Trinajstić information content (AvgIpc) is 2.89. The van der Waals surface area contributed by atoms with Crippen LogP contribution >= 0.6 is 31.9 Å². The van der Waals surface area contributed by atoms with Gasteiger partial charge in [-0.3, -0.25) is 0 Å². The number of methoxy groups -OCH3 is 1. The van der Waals surface area contributed by atoms with Gasteiger partial charge in [-0.15, -0.1) is 0 Å². The molecule has 0 aliphatic rings. The fourth-order valence-corrected chi connectivity index (χ4v) is 3.35. The summed E-state index contributed by atoms with van der Waals surface area (Å²) in [6, 6.07) is 8.02. The summed E-state index contributed by atoms with van der Waals surface area (Å²) < 4.78 is 12.8. The molecule has 0 bridgehead atoms. The van der Waals surface area contributed by atoms with E-state index in [9.17, 15) is 0 Å². The van der Waals surface area contributed by atoms with Gasteiger partial charge in [0.1, 0.15) is 11.5 Å². The highest BCUT2D eigenvalue weighted by molar-refractivity contribution is 9.11. The van der Waals surface area contributed by atoms with Crippen molar-refractivity contribution < 1.29 is 9.15 Å². The van der Waals surface area contributed by atoms with Gasteiger partial charge in [0.25, 0.3) is 0 Å². The van der Waals surface area contributed by atoms with Crippen molar-refractivity contribution in [2.45, 2.75) is 19.5 Å². The van der Waals surface area contributed by atoms with Gasteiger partial charge in [0.15, 0.2) is 0 Å². The van der Waals surface area contributed by atoms with Crippen molar-refractivity contribution >= 4 is 31.9 Å². The summed E-state index contributed by atoms with van der Waals surface area (Å²) in [4.78, 5) is 0. The molecule has 1 atom stereocenters. The van der Waals surface area contributed by atoms with E-state index in [1.54, 1.807) is 13.4 Å². The maximum Gasteiger partial charge on any atom is 0.137 e. The average molecular weight is 389 g/mol. The number of halogens is 2. The predicted molar refractivity (Wildman–Crippen MR) is 82.4 cm³/mol. The minimum Gasteiger partial charge on any atom is -0.495 e. The summed E-state index contributed by atoms with van der Waals surface area (Å²) in [5.74, 6) is 1.77. The van der Waals surface area contributed by atoms with Gasteiger partial charge in [0.2, 0.25) is 0 Å². The largest absolute Gasteiger partial charge is 0.495 e. The first-order valence-electron chi connectivity index (χ1n) is 5.90. The molecule has 1 heterocycles. The zero-order valence-electron chi connectivity index (χ0n) is 10.7. The third kappa shape index (κ3) is 3.61. The van der Waals surface area contributed by atoms with E-state index in [4.69, 9.17) is 9.15 Å². The van der Waals surface area contributed by atoms with Crippen molar-refractivity contribution in [3.05, 3.63) is 50.8 Å². The van der Waals surface area contributed by atoms with Crippen molar-refractivity contribution in [2.75, 3.05) is 7.11 Å². The van der Waals surface area contributed by atoms with Gasteiger partial charge in [-0.2, -0.15) is 0 Å². The van der Waals surface area contributed by atoms with Crippen LogP contribution < -0.4 is 10.1 Å². The van der Waals surface area contributed by atoms with E-state index in [0.717, 1.165) is 26.0 Å². The van der Waals surface area contributed by atoms with Gasteiger partial charge in [0, 0.05) is 16.6 Å². The molecule has 2 rings (SSSR count). The Bertz CT molecular complexity index is 541. The Hall–Kier alpha value is -0.780. The second kappa shape index (κ2) is 6.59. The van der Waals surface area contributed by atoms with Crippen LogP contribution in [0.1, 0.15) is 24.3 Å². The standard InChI is InChI=1S/C14H15Br2NO2/c1-9(13-4-3-5-19-13)17-8-10-6-11(15)7-12(16)14(10)18-2/h3-7,9,17H,8H2,1-2H3. The second-order valence-electron chi connectivity index (χ2n) is 4.20. The minimum absolute atomic E-state index is 0.150. The smallest absolute Gasteiger partial charge is 0.137 e. The van der Waals surface area contributed by atoms with Gasteiger partial charge < -0.3 is 14.5 Å². The summed E-state index contributed by atoms with van der Waals surface area (Å²) in [7, 11) is 1.67. The van der Waals surface area contributed by atoms with Crippen molar-refractivity contribution in [3.63, 3.8) is 0 Å². The van der Waals surface area contributed by atoms with E-state index >= 15 is 0 Å². The van der Waals surface area contributed by atoms with Crippen molar-refractivity contribution in [2.24, 2.45) is 0 Å². The molecule has 0 radical (unpaired) electrons. The fraction of sp³-hybridized carbons (Fsp3) is 0.286. The topological polar surface area (TPSA) is 34.4 Å². The van der Waals surface area contributed by atoms with E-state index in [1.165, 1.54) is 0 Å². The number of hydrogen-bond donors (Lipinski definition) is 1. The third-order valence-corrected chi connectivity index (χ3v) is 3.90. The van der Waals surface area contributed by atoms with Crippen LogP contribution in [0.3, 0.4) is 0 Å². The molecule has 1 aromatic heterocycles. The molecule has 0 saturated heterocycles. The molecule has 3 nitrogen and oxygen atoms in total. The highest BCUT2D eigenvalue weighted by Crippen LogP contribution is 2.32. The van der Waals surface area contributed by atoms with Crippen LogP contribution in [0.4, 0.5) is 0 Å². The molecule has 1 unspecified atom stereocenters. The predicted octanol–water partition coefficient (Wildman–Crippen LogP) is 4.66. The van der Waals surface area contributed by atoms with Gasteiger partial charge >= 0.3 is 0 Å². The quantitative estimate of drug-likeness (QED) is 0.808. The van der Waals surface area contributed by atoms with E-state index < -0.39 is 0 Å². The molecule has 1 N–H and O–H groups in total. The number of rotatable bonds is 5. The molecule has 102 valence electrons. The van der Waals surface area contributed by atoms with Gasteiger partial charge in [0.05, 0.1) is 23.9 Å². The van der Waals surface area contributed by atoms with Crippen molar-refractivity contribution in [3.8, 4) is 5.75 Å². The molecule has 0 fully saturated rings. The molecule has 1 aromatic carbocycles. The Morgan fingerprint density at radius 1 is 1.37 bits per heavy atom. The van der Waals surface area contributed by atoms with Crippen molar-refractivity contribution in [1.82, 2.24) is 5.32 Å². The summed E-state index contributed by atoms with van der Waals surface area (Å²) in [6.07, 6.45) is 1.68. The number of furan rings is 1. The van der Waals surface area contributed by atoms with Crippen LogP contribution in [0.5, 0.6) is 5.75 Å². The highest BCUT2D eigenvalue weighted by atomic mass is 79.9. The molecule has 2 aromatic rings. The molecule has 0 spiro atoms. The molecule has 19 heavy (non-hydrogen) atoms. The molecule has 0 amide bonds. The summed E-state index contributed by atoms with van der Waals surface area (Å²) >= 11 is 6.99. The lowest BCUT2D eigenvalue weighted by Gasteiger charge is -2.15. The number of nitrogens with one attached hydrogen (secondary N) is 1. The second-order valence-corrected chi connectivity index (χ2v) is 5.97. The maximum atomic E-state index is 5.42. The van der Waals surface area contributed by atoms with E-state index in [2.05, 4.69) is 44.1 Å². The molecule has 0 aliphatic carbocycles. The summed E-state index contributed by atoms with van der Waals surface area (Å²) in [5, 5.41) is 3.42. The van der Waals surface area contributed by atoms with Crippen molar-refractivity contribution in [1.29, 1.82) is 0 Å². The Labute approximate surface area is 129 Å². The number of hydrogen-bond acceptors (Lipinski definition) is 3. The fourth-order valence-electron chi connectivity index (χ4n) is 1.87. The first kappa shape index (κ1) is 14.6. The number of benzene rings is 1. The molecular weight excluding hydrogens is 374 g/mol. The minimum atomic E-state index is 0.150. The Kier molecular flexibility index (Phi) is 5.07. The molecular formula is C14H15Br2NO2. The van der Waals surface area contributed by atoms with Gasteiger partial charge in [-0.05, 0) is 47.1 Å². The van der Waals surface area contributed by atoms with E-state index in [-0.39, 0.29) is 6.04 Å².